The average Bonchev–Trinajstić information content (AvgIpc) is 2.26. The molecule has 0 aliphatic carbocycles. The Labute approximate surface area is 114 Å². The Bertz CT molecular complexity index is 603. The van der Waals surface area contributed by atoms with E-state index in [1.54, 1.807) is 6.07 Å². The second-order valence-corrected chi connectivity index (χ2v) is 4.89. The van der Waals surface area contributed by atoms with Gasteiger partial charge in [0, 0.05) is 11.0 Å². The molecule has 0 radical (unpaired) electrons. The molecule has 0 saturated heterocycles. The first kappa shape index (κ1) is 14.1. The smallest absolute Gasteiger partial charge is 0.217 e. The molecule has 0 unspecified atom stereocenters. The highest BCUT2D eigenvalue weighted by molar-refractivity contribution is 7.99. The van der Waals surface area contributed by atoms with Crippen molar-refractivity contribution in [2.24, 2.45) is 0 Å². The van der Waals surface area contributed by atoms with Gasteiger partial charge in [-0.1, -0.05) is 29.4 Å². The Morgan fingerprint density at radius 2 is 1.84 bits per heavy atom. The quantitative estimate of drug-likeness (QED) is 0.606. The van der Waals surface area contributed by atoms with Crippen molar-refractivity contribution in [2.75, 3.05) is 0 Å². The van der Waals surface area contributed by atoms with Crippen LogP contribution in [0.4, 0.5) is 17.6 Å². The van der Waals surface area contributed by atoms with E-state index in [2.05, 4.69) is 9.97 Å². The van der Waals surface area contributed by atoms with Gasteiger partial charge in [-0.3, -0.25) is 0 Å². The maximum absolute atomic E-state index is 13.0. The van der Waals surface area contributed by atoms with Crippen LogP contribution in [0.2, 0.25) is 5.15 Å². The first-order valence-electron chi connectivity index (χ1n) is 4.90. The van der Waals surface area contributed by atoms with E-state index in [0.717, 1.165) is 11.8 Å². The molecule has 0 saturated carbocycles. The molecular formula is C11H5ClF4N2S. The van der Waals surface area contributed by atoms with Gasteiger partial charge in [-0.05, 0) is 18.2 Å². The van der Waals surface area contributed by atoms with Gasteiger partial charge in [0.15, 0.2) is 0 Å². The number of hydrogen-bond acceptors (Lipinski definition) is 3. The maximum Gasteiger partial charge on any atom is 0.451 e. The first-order chi connectivity index (χ1) is 8.84. The van der Waals surface area contributed by atoms with Crippen LogP contribution >= 0.6 is 23.4 Å². The van der Waals surface area contributed by atoms with Gasteiger partial charge in [-0.25, -0.2) is 14.4 Å². The molecule has 2 nitrogen and oxygen atoms in total. The van der Waals surface area contributed by atoms with Crippen LogP contribution in [0.15, 0.2) is 40.3 Å². The zero-order valence-electron chi connectivity index (χ0n) is 9.08. The molecule has 2 rings (SSSR count). The zero-order valence-corrected chi connectivity index (χ0v) is 10.7. The van der Waals surface area contributed by atoms with E-state index in [1.165, 1.54) is 24.3 Å². The summed E-state index contributed by atoms with van der Waals surface area (Å²) in [6.45, 7) is 0. The molecule has 0 N–H and O–H groups in total. The minimum atomic E-state index is -4.68. The third-order valence-electron chi connectivity index (χ3n) is 1.94. The molecule has 1 aromatic carbocycles. The van der Waals surface area contributed by atoms with Crippen molar-refractivity contribution in [2.45, 2.75) is 16.1 Å². The summed E-state index contributed by atoms with van der Waals surface area (Å²) in [5.41, 5.74) is 0. The highest BCUT2D eigenvalue weighted by Gasteiger charge is 2.35. The molecule has 0 amide bonds. The first-order valence-corrected chi connectivity index (χ1v) is 6.09. The largest absolute Gasteiger partial charge is 0.451 e. The normalized spacial score (nSPS) is 11.6. The SMILES string of the molecule is Fc1cccc(Sc2cc(Cl)nc(C(F)(F)F)n2)c1. The summed E-state index contributed by atoms with van der Waals surface area (Å²) >= 11 is 6.39. The van der Waals surface area contributed by atoms with Crippen LogP contribution in [-0.4, -0.2) is 9.97 Å². The van der Waals surface area contributed by atoms with Crippen molar-refractivity contribution >= 4 is 23.4 Å². The minimum absolute atomic E-state index is 0.00192. The van der Waals surface area contributed by atoms with E-state index in [-0.39, 0.29) is 10.2 Å². The summed E-state index contributed by atoms with van der Waals surface area (Å²) in [5.74, 6) is -1.81. The standard InChI is InChI=1S/C11H5ClF4N2S/c12-8-5-9(18-10(17-8)11(14,15)16)19-7-3-1-2-6(13)4-7/h1-5H. The minimum Gasteiger partial charge on any atom is -0.217 e. The molecule has 1 aromatic heterocycles. The number of aromatic nitrogens is 2. The monoisotopic (exact) mass is 308 g/mol. The molecule has 0 fully saturated rings. The molecule has 100 valence electrons. The third kappa shape index (κ3) is 3.81. The van der Waals surface area contributed by atoms with Crippen molar-refractivity contribution in [1.29, 1.82) is 0 Å². The van der Waals surface area contributed by atoms with Gasteiger partial charge in [-0.2, -0.15) is 13.2 Å². The topological polar surface area (TPSA) is 25.8 Å². The van der Waals surface area contributed by atoms with E-state index in [9.17, 15) is 17.6 Å². The lowest BCUT2D eigenvalue weighted by Gasteiger charge is -2.07. The van der Waals surface area contributed by atoms with Crippen LogP contribution in [0, 0.1) is 5.82 Å². The summed E-state index contributed by atoms with van der Waals surface area (Å²) < 4.78 is 50.5. The van der Waals surface area contributed by atoms with Gasteiger partial charge >= 0.3 is 6.18 Å². The predicted octanol–water partition coefficient (Wildman–Crippen LogP) is 4.44. The van der Waals surface area contributed by atoms with Crippen molar-refractivity contribution < 1.29 is 17.6 Å². The number of rotatable bonds is 2. The predicted molar refractivity (Wildman–Crippen MR) is 62.6 cm³/mol. The van der Waals surface area contributed by atoms with Crippen LogP contribution in [0.25, 0.3) is 0 Å². The van der Waals surface area contributed by atoms with Crippen molar-refractivity contribution in [3.63, 3.8) is 0 Å². The summed E-state index contributed by atoms with van der Waals surface area (Å²) in [6, 6.07) is 6.61. The van der Waals surface area contributed by atoms with E-state index >= 15 is 0 Å². The second-order valence-electron chi connectivity index (χ2n) is 3.41. The molecule has 1 heterocycles. The molecule has 8 heteroatoms. The lowest BCUT2D eigenvalue weighted by atomic mass is 10.4. The van der Waals surface area contributed by atoms with Gasteiger partial charge in [0.25, 0.3) is 0 Å². The molecule has 2 aromatic rings. The summed E-state index contributed by atoms with van der Waals surface area (Å²) in [7, 11) is 0. The fraction of sp³-hybridized carbons (Fsp3) is 0.0909. The van der Waals surface area contributed by atoms with Crippen molar-refractivity contribution in [3.05, 3.63) is 47.1 Å². The van der Waals surface area contributed by atoms with Crippen molar-refractivity contribution in [3.8, 4) is 0 Å². The van der Waals surface area contributed by atoms with Crippen LogP contribution in [0.1, 0.15) is 5.82 Å². The highest BCUT2D eigenvalue weighted by atomic mass is 35.5. The molecule has 0 atom stereocenters. The van der Waals surface area contributed by atoms with Gasteiger partial charge in [-0.15, -0.1) is 0 Å². The van der Waals surface area contributed by atoms with Crippen LogP contribution in [0.3, 0.4) is 0 Å². The number of nitrogens with zero attached hydrogens (tertiary/aromatic N) is 2. The van der Waals surface area contributed by atoms with E-state index in [1.807, 2.05) is 0 Å². The fourth-order valence-electron chi connectivity index (χ4n) is 1.23. The Hall–Kier alpha value is -1.34. The van der Waals surface area contributed by atoms with Gasteiger partial charge in [0.05, 0.1) is 0 Å². The third-order valence-corrected chi connectivity index (χ3v) is 3.04. The van der Waals surface area contributed by atoms with Gasteiger partial charge in [0.2, 0.25) is 5.82 Å². The number of benzene rings is 1. The maximum atomic E-state index is 13.0. The molecular weight excluding hydrogens is 304 g/mol. The van der Waals surface area contributed by atoms with E-state index in [0.29, 0.717) is 4.90 Å². The number of halogens is 5. The Morgan fingerprint density at radius 1 is 1.11 bits per heavy atom. The molecule has 19 heavy (non-hydrogen) atoms. The average molecular weight is 309 g/mol. The lowest BCUT2D eigenvalue weighted by Crippen LogP contribution is -2.11. The Balaban J connectivity index is 2.33. The van der Waals surface area contributed by atoms with Crippen LogP contribution in [-0.2, 0) is 6.18 Å². The lowest BCUT2D eigenvalue weighted by molar-refractivity contribution is -0.145. The Morgan fingerprint density at radius 3 is 2.47 bits per heavy atom. The molecule has 0 aliphatic heterocycles. The zero-order chi connectivity index (χ0) is 14.0. The molecule has 0 bridgehead atoms. The van der Waals surface area contributed by atoms with Gasteiger partial charge in [0.1, 0.15) is 16.0 Å². The van der Waals surface area contributed by atoms with E-state index in [4.69, 9.17) is 11.6 Å². The van der Waals surface area contributed by atoms with Crippen LogP contribution in [0.5, 0.6) is 0 Å². The fourth-order valence-corrected chi connectivity index (χ4v) is 2.34. The van der Waals surface area contributed by atoms with Crippen molar-refractivity contribution in [1.82, 2.24) is 9.97 Å². The number of hydrogen-bond donors (Lipinski definition) is 0. The van der Waals surface area contributed by atoms with Crippen LogP contribution < -0.4 is 0 Å². The summed E-state index contributed by atoms with van der Waals surface area (Å²) in [5, 5.41) is -0.320. The Kier molecular flexibility index (Phi) is 3.96. The van der Waals surface area contributed by atoms with E-state index < -0.39 is 17.8 Å². The highest BCUT2D eigenvalue weighted by Crippen LogP contribution is 2.32. The second kappa shape index (κ2) is 5.34. The molecule has 0 spiro atoms. The van der Waals surface area contributed by atoms with Gasteiger partial charge < -0.3 is 0 Å². The summed E-state index contributed by atoms with van der Waals surface area (Å²) in [6.07, 6.45) is -4.68. The molecule has 0 aliphatic rings. The number of alkyl halides is 3. The summed E-state index contributed by atoms with van der Waals surface area (Å²) in [4.78, 5) is 6.88.